The van der Waals surface area contributed by atoms with Gasteiger partial charge in [-0.15, -0.1) is 0 Å². The number of nitriles is 1. The molecule has 10 nitrogen and oxygen atoms in total. The Labute approximate surface area is 238 Å². The number of aryl methyl sites for hydroxylation is 1. The van der Waals surface area contributed by atoms with E-state index >= 15 is 0 Å². The summed E-state index contributed by atoms with van der Waals surface area (Å²) in [6.45, 7) is 9.12. The van der Waals surface area contributed by atoms with Crippen molar-refractivity contribution in [1.82, 2.24) is 14.6 Å². The summed E-state index contributed by atoms with van der Waals surface area (Å²) in [6.07, 6.45) is 14.1. The van der Waals surface area contributed by atoms with Crippen LogP contribution < -0.4 is 5.73 Å². The average molecular weight is 572 g/mol. The average Bonchev–Trinajstić information content (AvgIpc) is 3.25. The second kappa shape index (κ2) is 14.8. The maximum Gasteiger partial charge on any atom is 0.330 e. The van der Waals surface area contributed by atoms with Gasteiger partial charge in [-0.25, -0.2) is 9.50 Å². The van der Waals surface area contributed by atoms with E-state index in [1.54, 1.807) is 4.52 Å². The molecule has 0 amide bonds. The lowest BCUT2D eigenvalue weighted by Gasteiger charge is -2.29. The van der Waals surface area contributed by atoms with E-state index in [0.717, 1.165) is 24.1 Å². The number of hydrogen-bond donors (Lipinski definition) is 2. The molecule has 0 spiro atoms. The van der Waals surface area contributed by atoms with Crippen molar-refractivity contribution in [1.29, 1.82) is 5.26 Å². The highest BCUT2D eigenvalue weighted by Crippen LogP contribution is 2.37. The van der Waals surface area contributed by atoms with Gasteiger partial charge in [0.1, 0.15) is 17.9 Å². The summed E-state index contributed by atoms with van der Waals surface area (Å²) in [4.78, 5) is 14.6. The van der Waals surface area contributed by atoms with Gasteiger partial charge in [-0.1, -0.05) is 64.5 Å². The Morgan fingerprint density at radius 2 is 2.08 bits per heavy atom. The molecule has 2 heterocycles. The first-order chi connectivity index (χ1) is 19.1. The molecule has 4 atom stereocenters. The molecule has 0 aromatic carbocycles. The molecule has 2 aromatic rings. The zero-order chi connectivity index (χ0) is 29.2. The van der Waals surface area contributed by atoms with Crippen molar-refractivity contribution in [2.24, 2.45) is 11.3 Å². The lowest BCUT2D eigenvalue weighted by atomic mass is 9.84. The third-order valence-corrected chi connectivity index (χ3v) is 7.97. The number of allylic oxidation sites excluding steroid dienone is 4. The predicted octanol–water partition coefficient (Wildman–Crippen LogP) is 5.31. The minimum Gasteiger partial charge on any atom is -0.382 e. The number of ether oxygens (including phenoxy) is 2. The molecular formula is C29H42N5O5P. The molecular weight excluding hydrogens is 529 g/mol. The van der Waals surface area contributed by atoms with Gasteiger partial charge >= 0.3 is 8.60 Å². The number of methoxy groups -OCH3 is 1. The zero-order valence-corrected chi connectivity index (χ0v) is 25.0. The smallest absolute Gasteiger partial charge is 0.330 e. The molecule has 0 fully saturated rings. The normalized spacial score (nSPS) is 18.6. The highest BCUT2D eigenvalue weighted by molar-refractivity contribution is 7.40. The van der Waals surface area contributed by atoms with E-state index in [9.17, 15) is 10.2 Å². The van der Waals surface area contributed by atoms with E-state index in [1.165, 1.54) is 13.4 Å². The Bertz CT molecular complexity index is 1240. The van der Waals surface area contributed by atoms with Crippen molar-refractivity contribution in [3.05, 3.63) is 60.1 Å². The number of fused-ring (bicyclic) bond motifs is 1. The lowest BCUT2D eigenvalue weighted by Crippen LogP contribution is -2.35. The van der Waals surface area contributed by atoms with Crippen LogP contribution in [0, 0.1) is 22.7 Å². The summed E-state index contributed by atoms with van der Waals surface area (Å²) in [7, 11) is -0.800. The number of hydrogen-bond acceptors (Lipinski definition) is 9. The molecule has 40 heavy (non-hydrogen) atoms. The first kappa shape index (κ1) is 31.9. The highest BCUT2D eigenvalue weighted by Gasteiger charge is 2.33. The van der Waals surface area contributed by atoms with Crippen LogP contribution in [0.3, 0.4) is 0 Å². The van der Waals surface area contributed by atoms with Crippen molar-refractivity contribution in [3.8, 4) is 6.07 Å². The van der Waals surface area contributed by atoms with Crippen LogP contribution in [0.4, 0.5) is 5.82 Å². The number of anilines is 1. The van der Waals surface area contributed by atoms with E-state index in [2.05, 4.69) is 62.1 Å². The summed E-state index contributed by atoms with van der Waals surface area (Å²) in [6, 6.07) is 5.92. The van der Waals surface area contributed by atoms with Crippen LogP contribution in [-0.4, -0.2) is 58.1 Å². The molecule has 0 bridgehead atoms. The van der Waals surface area contributed by atoms with Gasteiger partial charge in [0.25, 0.3) is 0 Å². The largest absolute Gasteiger partial charge is 0.382 e. The van der Waals surface area contributed by atoms with Gasteiger partial charge in [-0.2, -0.15) is 10.4 Å². The third-order valence-electron chi connectivity index (χ3n) is 7.25. The van der Waals surface area contributed by atoms with Crippen LogP contribution >= 0.6 is 8.60 Å². The van der Waals surface area contributed by atoms with Crippen LogP contribution in [0.25, 0.3) is 5.52 Å². The van der Waals surface area contributed by atoms with Crippen molar-refractivity contribution in [2.45, 2.75) is 65.1 Å². The fraction of sp³-hybridized carbons (Fsp3) is 0.552. The third kappa shape index (κ3) is 9.20. The molecule has 1 aliphatic carbocycles. The molecule has 0 aliphatic heterocycles. The van der Waals surface area contributed by atoms with Crippen molar-refractivity contribution in [2.75, 3.05) is 32.7 Å². The van der Waals surface area contributed by atoms with E-state index in [4.69, 9.17) is 24.3 Å². The number of nitrogens with two attached hydrogens (primary N) is 1. The van der Waals surface area contributed by atoms with Gasteiger partial charge in [0.2, 0.25) is 0 Å². The Kier molecular flexibility index (Phi) is 11.8. The van der Waals surface area contributed by atoms with E-state index < -0.39 is 14.2 Å². The quantitative estimate of drug-likeness (QED) is 0.257. The molecule has 2 aromatic heterocycles. The van der Waals surface area contributed by atoms with Gasteiger partial charge in [0, 0.05) is 12.8 Å². The number of nitrogens with zero attached hydrogens (tertiary/aromatic N) is 4. The van der Waals surface area contributed by atoms with Crippen molar-refractivity contribution in [3.63, 3.8) is 0 Å². The number of aromatic nitrogens is 3. The molecule has 0 saturated carbocycles. The maximum absolute atomic E-state index is 10.6. The highest BCUT2D eigenvalue weighted by atomic mass is 31.2. The minimum absolute atomic E-state index is 0.0419. The standard InChI is InChI=1S/C29H42N5O5P/c1-6-28(3,4)16-25(37-17-23-10-8-7-9-22(2)15-23)18-38-40(35)39-20-29(19-30,36-5)14-13-24-11-12-26-27(31)32-21-33-34(24)26/h7-12,15,21-22,25,35H,6,13-14,16-18,20H2,1-5H3,(H2,31,32,33). The van der Waals surface area contributed by atoms with Crippen molar-refractivity contribution >= 4 is 19.9 Å². The number of nitrogen functional groups attached to an aromatic ring is 1. The molecule has 0 radical (unpaired) electrons. The summed E-state index contributed by atoms with van der Waals surface area (Å²) in [5.41, 5.74) is 7.33. The lowest BCUT2D eigenvalue weighted by molar-refractivity contribution is -0.0207. The Morgan fingerprint density at radius 1 is 1.27 bits per heavy atom. The monoisotopic (exact) mass is 571 g/mol. The van der Waals surface area contributed by atoms with Gasteiger partial charge < -0.3 is 29.1 Å². The van der Waals surface area contributed by atoms with Crippen LogP contribution in [0.2, 0.25) is 0 Å². The SMILES string of the molecule is CCC(C)(C)CC(COP(O)OCC(C#N)(CCc1ccc2c(N)ncnn12)OC)OCC1=CC(C)C=CC=C1. The van der Waals surface area contributed by atoms with E-state index in [-0.39, 0.29) is 24.7 Å². The first-order valence-corrected chi connectivity index (χ1v) is 14.7. The Balaban J connectivity index is 1.56. The van der Waals surface area contributed by atoms with Gasteiger partial charge in [-0.05, 0) is 48.3 Å². The van der Waals surface area contributed by atoms with E-state index in [0.29, 0.717) is 36.7 Å². The molecule has 218 valence electrons. The van der Waals surface area contributed by atoms with E-state index in [1.807, 2.05) is 24.3 Å². The topological polar surface area (TPSA) is 137 Å². The molecule has 4 unspecified atom stereocenters. The predicted molar refractivity (Wildman–Crippen MR) is 156 cm³/mol. The minimum atomic E-state index is -2.25. The fourth-order valence-corrected chi connectivity index (χ4v) is 5.03. The molecule has 3 N–H and O–H groups in total. The Hall–Kier alpha value is -2.64. The van der Waals surface area contributed by atoms with Crippen LogP contribution in [-0.2, 0) is 24.9 Å². The number of rotatable bonds is 16. The maximum atomic E-state index is 10.6. The zero-order valence-electron chi connectivity index (χ0n) is 24.1. The second-order valence-electron chi connectivity index (χ2n) is 10.9. The molecule has 11 heteroatoms. The van der Waals surface area contributed by atoms with Gasteiger partial charge in [0.05, 0.1) is 25.9 Å². The summed E-state index contributed by atoms with van der Waals surface area (Å²) < 4.78 is 24.8. The van der Waals surface area contributed by atoms with Crippen LogP contribution in [0.15, 0.2) is 54.4 Å². The molecule has 3 rings (SSSR count). The second-order valence-corrected chi connectivity index (χ2v) is 11.9. The molecule has 0 saturated heterocycles. The summed E-state index contributed by atoms with van der Waals surface area (Å²) in [5, 5.41) is 14.2. The molecule has 1 aliphatic rings. The summed E-state index contributed by atoms with van der Waals surface area (Å²) >= 11 is 0. The van der Waals surface area contributed by atoms with Crippen molar-refractivity contribution < 1.29 is 23.4 Å². The van der Waals surface area contributed by atoms with Gasteiger partial charge in [-0.3, -0.25) is 0 Å². The first-order valence-electron chi connectivity index (χ1n) is 13.6. The summed E-state index contributed by atoms with van der Waals surface area (Å²) in [5.74, 6) is 0.711. The fourth-order valence-electron chi connectivity index (χ4n) is 4.34. The van der Waals surface area contributed by atoms with Crippen LogP contribution in [0.5, 0.6) is 0 Å². The Morgan fingerprint density at radius 3 is 2.80 bits per heavy atom. The van der Waals surface area contributed by atoms with Gasteiger partial charge in [0.15, 0.2) is 11.4 Å². The van der Waals surface area contributed by atoms with Crippen LogP contribution in [0.1, 0.15) is 52.7 Å².